The summed E-state index contributed by atoms with van der Waals surface area (Å²) in [6.07, 6.45) is 1.41. The summed E-state index contributed by atoms with van der Waals surface area (Å²) >= 11 is 0. The highest BCUT2D eigenvalue weighted by Crippen LogP contribution is 2.13. The number of benzene rings is 1. The molecule has 0 fully saturated rings. The molecule has 8 nitrogen and oxygen atoms in total. The van der Waals surface area contributed by atoms with Crippen molar-refractivity contribution in [2.45, 2.75) is 12.6 Å². The van der Waals surface area contributed by atoms with E-state index in [0.29, 0.717) is 17.4 Å². The molecule has 2 aromatic rings. The number of rotatable bonds is 5. The molecule has 0 bridgehead atoms. The number of carboxylic acids is 1. The molecular formula is C15H18N4O4. The zero-order valence-electron chi connectivity index (χ0n) is 12.6. The Labute approximate surface area is 131 Å². The molecule has 2 rings (SSSR count). The number of hydrogen-bond donors (Lipinski definition) is 4. The molecule has 1 aromatic heterocycles. The number of aromatic nitrogens is 1. The van der Waals surface area contributed by atoms with Crippen LogP contribution >= 0.6 is 0 Å². The van der Waals surface area contributed by atoms with E-state index in [1.165, 1.54) is 6.20 Å². The number of nitrogens with zero attached hydrogens (tertiary/aromatic N) is 1. The quantitative estimate of drug-likeness (QED) is 0.565. The van der Waals surface area contributed by atoms with Crippen molar-refractivity contribution < 1.29 is 14.7 Å². The van der Waals surface area contributed by atoms with Crippen molar-refractivity contribution in [3.05, 3.63) is 45.7 Å². The van der Waals surface area contributed by atoms with Crippen LogP contribution in [0.25, 0.3) is 10.9 Å². The first kappa shape index (κ1) is 16.7. The van der Waals surface area contributed by atoms with Gasteiger partial charge in [-0.1, -0.05) is 6.07 Å². The second-order valence-corrected chi connectivity index (χ2v) is 5.19. The maximum Gasteiger partial charge on any atom is 0.322 e. The number of fused-ring (bicyclic) bond motifs is 1. The molecule has 0 saturated carbocycles. The average molecular weight is 318 g/mol. The summed E-state index contributed by atoms with van der Waals surface area (Å²) in [5, 5.41) is 11.4. The van der Waals surface area contributed by atoms with Crippen LogP contribution in [0.1, 0.15) is 15.9 Å². The highest BCUT2D eigenvalue weighted by molar-refractivity contribution is 5.97. The van der Waals surface area contributed by atoms with Crippen molar-refractivity contribution in [2.75, 3.05) is 6.54 Å². The van der Waals surface area contributed by atoms with E-state index >= 15 is 0 Å². The molecule has 1 aromatic carbocycles. The van der Waals surface area contributed by atoms with Crippen LogP contribution in [-0.4, -0.2) is 34.1 Å². The summed E-state index contributed by atoms with van der Waals surface area (Å²) in [5.74, 6) is -1.89. The molecule has 23 heavy (non-hydrogen) atoms. The van der Waals surface area contributed by atoms with Gasteiger partial charge in [-0.3, -0.25) is 14.4 Å². The minimum absolute atomic E-state index is 0.0712. The first-order valence-electron chi connectivity index (χ1n) is 6.94. The maximum absolute atomic E-state index is 12.4. The lowest BCUT2D eigenvalue weighted by molar-refractivity contribution is -0.138. The number of hydrogen-bond acceptors (Lipinski definition) is 5. The summed E-state index contributed by atoms with van der Waals surface area (Å²) in [7, 11) is 1.71. The first-order valence-corrected chi connectivity index (χ1v) is 6.94. The van der Waals surface area contributed by atoms with E-state index in [9.17, 15) is 14.4 Å². The Bertz CT molecular complexity index is 828. The lowest BCUT2D eigenvalue weighted by Gasteiger charge is -2.11. The predicted octanol–water partition coefficient (Wildman–Crippen LogP) is -0.861. The van der Waals surface area contributed by atoms with Gasteiger partial charge < -0.3 is 26.5 Å². The van der Waals surface area contributed by atoms with Crippen LogP contribution in [0.4, 0.5) is 0 Å². The van der Waals surface area contributed by atoms with E-state index in [2.05, 4.69) is 5.32 Å². The Kier molecular flexibility index (Phi) is 4.77. The fourth-order valence-electron chi connectivity index (χ4n) is 2.20. The van der Waals surface area contributed by atoms with E-state index in [4.69, 9.17) is 16.6 Å². The number of pyridine rings is 1. The van der Waals surface area contributed by atoms with Gasteiger partial charge in [-0.2, -0.15) is 0 Å². The first-order chi connectivity index (χ1) is 10.8. The van der Waals surface area contributed by atoms with Gasteiger partial charge in [-0.15, -0.1) is 0 Å². The Morgan fingerprint density at radius 2 is 2.09 bits per heavy atom. The third-order valence-electron chi connectivity index (χ3n) is 3.53. The second kappa shape index (κ2) is 6.59. The average Bonchev–Trinajstić information content (AvgIpc) is 2.54. The molecule has 0 aliphatic heterocycles. The van der Waals surface area contributed by atoms with Crippen LogP contribution in [0.2, 0.25) is 0 Å². The normalized spacial score (nSPS) is 12.1. The Morgan fingerprint density at radius 1 is 1.39 bits per heavy atom. The van der Waals surface area contributed by atoms with Crippen LogP contribution in [-0.2, 0) is 18.4 Å². The fourth-order valence-corrected chi connectivity index (χ4v) is 2.20. The minimum Gasteiger partial charge on any atom is -0.480 e. The molecule has 0 radical (unpaired) electrons. The van der Waals surface area contributed by atoms with Crippen molar-refractivity contribution in [3.63, 3.8) is 0 Å². The summed E-state index contributed by atoms with van der Waals surface area (Å²) in [4.78, 5) is 35.2. The van der Waals surface area contributed by atoms with Gasteiger partial charge in [0.25, 0.3) is 5.91 Å². The number of carbonyl (C=O) groups excluding carboxylic acids is 1. The van der Waals surface area contributed by atoms with Crippen molar-refractivity contribution in [1.82, 2.24) is 9.88 Å². The molecule has 6 N–H and O–H groups in total. The van der Waals surface area contributed by atoms with Gasteiger partial charge in [-0.05, 0) is 17.7 Å². The smallest absolute Gasteiger partial charge is 0.322 e. The number of amides is 1. The van der Waals surface area contributed by atoms with Crippen molar-refractivity contribution in [1.29, 1.82) is 0 Å². The van der Waals surface area contributed by atoms with E-state index in [0.717, 1.165) is 5.56 Å². The van der Waals surface area contributed by atoms with Gasteiger partial charge in [-0.25, -0.2) is 0 Å². The summed E-state index contributed by atoms with van der Waals surface area (Å²) in [6.45, 7) is 0.0842. The van der Waals surface area contributed by atoms with E-state index in [-0.39, 0.29) is 12.1 Å². The van der Waals surface area contributed by atoms with Gasteiger partial charge in [0.05, 0.1) is 5.52 Å². The van der Waals surface area contributed by atoms with Crippen LogP contribution in [0, 0.1) is 0 Å². The lowest BCUT2D eigenvalue weighted by Crippen LogP contribution is -2.43. The minimum atomic E-state index is -1.23. The predicted molar refractivity (Wildman–Crippen MR) is 85.0 cm³/mol. The molecule has 122 valence electrons. The number of carbonyl (C=O) groups is 2. The monoisotopic (exact) mass is 318 g/mol. The molecule has 8 heteroatoms. The van der Waals surface area contributed by atoms with Crippen molar-refractivity contribution in [3.8, 4) is 0 Å². The van der Waals surface area contributed by atoms with Crippen molar-refractivity contribution in [2.24, 2.45) is 18.5 Å². The Morgan fingerprint density at radius 3 is 2.70 bits per heavy atom. The van der Waals surface area contributed by atoms with Gasteiger partial charge in [0.1, 0.15) is 11.6 Å². The standard InChI is InChI=1S/C15H18N4O4/c1-19-7-10(14(21)18-6-11(17)15(22)23)13(20)9-3-2-8(5-16)4-12(9)19/h2-4,7,11H,5-6,16-17H2,1H3,(H,18,21)(H,22,23)/t11-/m0/s1. The van der Waals surface area contributed by atoms with Gasteiger partial charge in [0.2, 0.25) is 5.43 Å². The second-order valence-electron chi connectivity index (χ2n) is 5.19. The zero-order valence-corrected chi connectivity index (χ0v) is 12.6. The maximum atomic E-state index is 12.4. The number of aliphatic carboxylic acids is 1. The van der Waals surface area contributed by atoms with Gasteiger partial charge >= 0.3 is 5.97 Å². The van der Waals surface area contributed by atoms with Crippen LogP contribution in [0.3, 0.4) is 0 Å². The summed E-state index contributed by atoms with van der Waals surface area (Å²) in [5.41, 5.74) is 11.9. The van der Waals surface area contributed by atoms with Crippen LogP contribution in [0.5, 0.6) is 0 Å². The van der Waals surface area contributed by atoms with E-state index in [1.54, 1.807) is 29.8 Å². The molecule has 1 heterocycles. The van der Waals surface area contributed by atoms with Gasteiger partial charge in [0, 0.05) is 31.7 Å². The number of aryl methyl sites for hydroxylation is 1. The number of nitrogens with two attached hydrogens (primary N) is 2. The number of nitrogens with one attached hydrogen (secondary N) is 1. The Hall–Kier alpha value is -2.71. The third-order valence-corrected chi connectivity index (χ3v) is 3.53. The molecule has 0 aliphatic rings. The van der Waals surface area contributed by atoms with E-state index < -0.39 is 23.3 Å². The summed E-state index contributed by atoms with van der Waals surface area (Å²) < 4.78 is 1.65. The highest BCUT2D eigenvalue weighted by atomic mass is 16.4. The SMILES string of the molecule is Cn1cc(C(=O)NC[C@H](N)C(=O)O)c(=O)c2ccc(CN)cc21. The molecule has 0 aliphatic carbocycles. The number of carboxylic acid groups (broad SMARTS) is 1. The van der Waals surface area contributed by atoms with Gasteiger partial charge in [0.15, 0.2) is 0 Å². The van der Waals surface area contributed by atoms with Crippen molar-refractivity contribution >= 4 is 22.8 Å². The molecule has 0 unspecified atom stereocenters. The molecule has 0 spiro atoms. The van der Waals surface area contributed by atoms with Crippen LogP contribution in [0.15, 0.2) is 29.2 Å². The zero-order chi connectivity index (χ0) is 17.1. The Balaban J connectivity index is 2.39. The molecule has 0 saturated heterocycles. The van der Waals surface area contributed by atoms with Crippen LogP contribution < -0.4 is 22.2 Å². The summed E-state index contributed by atoms with van der Waals surface area (Å²) in [6, 6.07) is 3.92. The lowest BCUT2D eigenvalue weighted by atomic mass is 10.1. The molecule has 1 atom stereocenters. The third kappa shape index (κ3) is 3.38. The van der Waals surface area contributed by atoms with E-state index in [1.807, 2.05) is 0 Å². The molecule has 1 amide bonds. The topological polar surface area (TPSA) is 140 Å². The largest absolute Gasteiger partial charge is 0.480 e. The fraction of sp³-hybridized carbons (Fsp3) is 0.267. The molecular weight excluding hydrogens is 300 g/mol. The highest BCUT2D eigenvalue weighted by Gasteiger charge is 2.17.